The third-order valence-electron chi connectivity index (χ3n) is 9.38. The largest absolute Gasteiger partial charge is 0.469 e. The van der Waals surface area contributed by atoms with E-state index in [0.29, 0.717) is 24.8 Å². The first-order valence-electron chi connectivity index (χ1n) is 12.1. The first kappa shape index (κ1) is 26.0. The van der Waals surface area contributed by atoms with Gasteiger partial charge in [0, 0.05) is 16.7 Å². The summed E-state index contributed by atoms with van der Waals surface area (Å²) in [6.07, 6.45) is 3.84. The van der Waals surface area contributed by atoms with Crippen LogP contribution in [0.4, 0.5) is 4.39 Å². The molecule has 0 heterocycles. The van der Waals surface area contributed by atoms with Crippen molar-refractivity contribution in [2.24, 2.45) is 22.7 Å². The van der Waals surface area contributed by atoms with Gasteiger partial charge in [-0.25, -0.2) is 4.39 Å². The molecule has 0 unspecified atom stereocenters. The quantitative estimate of drug-likeness (QED) is 0.431. The second kappa shape index (κ2) is 8.80. The summed E-state index contributed by atoms with van der Waals surface area (Å²) in [6.45, 7) is 3.50. The molecular formula is C26H32ClFO7. The van der Waals surface area contributed by atoms with Crippen molar-refractivity contribution in [3.63, 3.8) is 0 Å². The van der Waals surface area contributed by atoms with Crippen molar-refractivity contribution >= 4 is 35.1 Å². The van der Waals surface area contributed by atoms with Crippen LogP contribution in [0.15, 0.2) is 23.8 Å². The van der Waals surface area contributed by atoms with E-state index in [0.717, 1.165) is 0 Å². The van der Waals surface area contributed by atoms with Gasteiger partial charge in [-0.3, -0.25) is 19.2 Å². The number of ether oxygens (including phenoxy) is 2. The standard InChI is InChI=1S/C26H32ClFO7/c1-23-10-8-16(29)12-15(23)4-5-18-17-9-11-25(20(31)14-27,35-22(33)7-6-21(32)34-3)24(17,2)13-19(30)26(18,23)28/h8,10,12,17-19,30H,4-7,9,11,13-14H2,1-3H3/t17-,18-,19-,23-,24-,25-,26-/m0/s1. The van der Waals surface area contributed by atoms with Crippen LogP contribution in [-0.2, 0) is 28.7 Å². The number of hydrogen-bond donors (Lipinski definition) is 1. The number of fused-ring (bicyclic) bond motifs is 5. The molecule has 192 valence electrons. The summed E-state index contributed by atoms with van der Waals surface area (Å²) in [5.74, 6) is -3.37. The van der Waals surface area contributed by atoms with E-state index < -0.39 is 57.7 Å². The van der Waals surface area contributed by atoms with Crippen LogP contribution in [0.3, 0.4) is 0 Å². The molecule has 0 aromatic rings. The summed E-state index contributed by atoms with van der Waals surface area (Å²) >= 11 is 5.98. The second-order valence-corrected chi connectivity index (χ2v) is 11.0. The normalized spacial score (nSPS) is 41.8. The number of ketones is 2. The van der Waals surface area contributed by atoms with Crippen molar-refractivity contribution in [3.8, 4) is 0 Å². The number of methoxy groups -OCH3 is 1. The van der Waals surface area contributed by atoms with E-state index in [4.69, 9.17) is 16.3 Å². The maximum atomic E-state index is 17.2. The van der Waals surface area contributed by atoms with Gasteiger partial charge in [0.25, 0.3) is 0 Å². The molecule has 0 amide bonds. The molecular weight excluding hydrogens is 479 g/mol. The number of aliphatic hydroxyl groups excluding tert-OH is 1. The van der Waals surface area contributed by atoms with E-state index in [1.807, 2.05) is 0 Å². The Morgan fingerprint density at radius 1 is 1.17 bits per heavy atom. The number of esters is 2. The minimum atomic E-state index is -2.05. The predicted octanol–water partition coefficient (Wildman–Crippen LogP) is 3.40. The summed E-state index contributed by atoms with van der Waals surface area (Å²) in [6, 6.07) is 0. The Bertz CT molecular complexity index is 1020. The zero-order valence-corrected chi connectivity index (χ0v) is 21.0. The molecule has 0 radical (unpaired) electrons. The average Bonchev–Trinajstić information content (AvgIpc) is 3.10. The number of carbonyl (C=O) groups is 4. The molecule has 4 aliphatic rings. The molecule has 0 spiro atoms. The summed E-state index contributed by atoms with van der Waals surface area (Å²) in [4.78, 5) is 49.5. The Balaban J connectivity index is 1.71. The van der Waals surface area contributed by atoms with E-state index in [9.17, 15) is 24.3 Å². The van der Waals surface area contributed by atoms with Crippen LogP contribution in [0.5, 0.6) is 0 Å². The molecule has 9 heteroatoms. The van der Waals surface area contributed by atoms with Crippen molar-refractivity contribution < 1.29 is 38.1 Å². The Labute approximate surface area is 209 Å². The molecule has 0 aromatic heterocycles. The zero-order chi connectivity index (χ0) is 25.8. The third-order valence-corrected chi connectivity index (χ3v) is 9.62. The van der Waals surface area contributed by atoms with Crippen LogP contribution >= 0.6 is 11.6 Å². The minimum Gasteiger partial charge on any atom is -0.469 e. The number of hydrogen-bond acceptors (Lipinski definition) is 7. The first-order valence-corrected chi connectivity index (χ1v) is 12.6. The molecule has 4 aliphatic carbocycles. The lowest BCUT2D eigenvalue weighted by Gasteiger charge is -2.62. The van der Waals surface area contributed by atoms with Gasteiger partial charge in [0.2, 0.25) is 0 Å². The molecule has 3 saturated carbocycles. The van der Waals surface area contributed by atoms with Crippen LogP contribution in [0.25, 0.3) is 0 Å². The number of rotatable bonds is 6. The Hall–Kier alpha value is -2.06. The fourth-order valence-corrected chi connectivity index (χ4v) is 7.76. The fourth-order valence-electron chi connectivity index (χ4n) is 7.54. The van der Waals surface area contributed by atoms with Gasteiger partial charge < -0.3 is 14.6 Å². The molecule has 7 nitrogen and oxygen atoms in total. The highest BCUT2D eigenvalue weighted by atomic mass is 35.5. The van der Waals surface area contributed by atoms with Gasteiger partial charge in [-0.2, -0.15) is 0 Å². The Kier molecular flexibility index (Phi) is 6.54. The number of aliphatic hydroxyl groups is 1. The SMILES string of the molecule is COC(=O)CCC(=O)O[C@]1(C(=O)CCl)CC[C@H]2[C@@H]3CCC4=CC(=O)C=C[C@]4(C)[C@@]3(F)[C@@H](O)C[C@@]21C. The van der Waals surface area contributed by atoms with E-state index in [-0.39, 0.29) is 37.4 Å². The van der Waals surface area contributed by atoms with Crippen molar-refractivity contribution in [2.45, 2.75) is 76.2 Å². The first-order chi connectivity index (χ1) is 16.4. The molecule has 0 saturated heterocycles. The Morgan fingerprint density at radius 2 is 1.86 bits per heavy atom. The summed E-state index contributed by atoms with van der Waals surface area (Å²) < 4.78 is 27.6. The monoisotopic (exact) mass is 510 g/mol. The predicted molar refractivity (Wildman–Crippen MR) is 124 cm³/mol. The average molecular weight is 511 g/mol. The van der Waals surface area contributed by atoms with Gasteiger partial charge >= 0.3 is 11.9 Å². The molecule has 1 N–H and O–H groups in total. The molecule has 7 atom stereocenters. The smallest absolute Gasteiger partial charge is 0.307 e. The third kappa shape index (κ3) is 3.54. The van der Waals surface area contributed by atoms with Gasteiger partial charge in [0.15, 0.2) is 22.8 Å². The van der Waals surface area contributed by atoms with E-state index in [1.54, 1.807) is 19.9 Å². The van der Waals surface area contributed by atoms with Crippen LogP contribution in [0.1, 0.15) is 58.8 Å². The molecule has 0 aromatic carbocycles. The molecule has 3 fully saturated rings. The van der Waals surface area contributed by atoms with Crippen molar-refractivity contribution in [2.75, 3.05) is 13.0 Å². The lowest BCUT2D eigenvalue weighted by Crippen LogP contribution is -2.69. The lowest BCUT2D eigenvalue weighted by atomic mass is 9.44. The van der Waals surface area contributed by atoms with Gasteiger partial charge in [-0.15, -0.1) is 11.6 Å². The highest BCUT2D eigenvalue weighted by Gasteiger charge is 2.75. The molecule has 0 bridgehead atoms. The second-order valence-electron chi connectivity index (χ2n) is 10.7. The van der Waals surface area contributed by atoms with E-state index >= 15 is 4.39 Å². The fraction of sp³-hybridized carbons (Fsp3) is 0.692. The number of alkyl halides is 2. The number of allylic oxidation sites excluding steroid dienone is 4. The van der Waals surface area contributed by atoms with Crippen molar-refractivity contribution in [1.29, 1.82) is 0 Å². The van der Waals surface area contributed by atoms with Crippen molar-refractivity contribution in [3.05, 3.63) is 23.8 Å². The van der Waals surface area contributed by atoms with Crippen molar-refractivity contribution in [1.82, 2.24) is 0 Å². The maximum Gasteiger partial charge on any atom is 0.307 e. The van der Waals surface area contributed by atoms with Gasteiger partial charge in [-0.05, 0) is 57.1 Å². The summed E-state index contributed by atoms with van der Waals surface area (Å²) in [5, 5.41) is 11.4. The molecule has 0 aliphatic heterocycles. The van der Waals surface area contributed by atoms with Crippen LogP contribution in [-0.4, -0.2) is 59.0 Å². The minimum absolute atomic E-state index is 0.109. The number of halogens is 2. The van der Waals surface area contributed by atoms with Crippen LogP contribution in [0, 0.1) is 22.7 Å². The lowest BCUT2D eigenvalue weighted by molar-refractivity contribution is -0.224. The Morgan fingerprint density at radius 3 is 2.51 bits per heavy atom. The van der Waals surface area contributed by atoms with Gasteiger partial charge in [-0.1, -0.05) is 18.6 Å². The van der Waals surface area contributed by atoms with E-state index in [1.165, 1.54) is 19.3 Å². The topological polar surface area (TPSA) is 107 Å². The number of carbonyl (C=O) groups excluding carboxylic acids is 4. The van der Waals surface area contributed by atoms with Crippen LogP contribution in [0.2, 0.25) is 0 Å². The van der Waals surface area contributed by atoms with Gasteiger partial charge in [0.1, 0.15) is 0 Å². The van der Waals surface area contributed by atoms with E-state index in [2.05, 4.69) is 4.74 Å². The molecule has 4 rings (SSSR count). The summed E-state index contributed by atoms with van der Waals surface area (Å²) in [5.41, 5.74) is -5.20. The maximum absolute atomic E-state index is 17.2. The van der Waals surface area contributed by atoms with Gasteiger partial charge in [0.05, 0.1) is 31.9 Å². The summed E-state index contributed by atoms with van der Waals surface area (Å²) in [7, 11) is 1.21. The zero-order valence-electron chi connectivity index (χ0n) is 20.3. The highest BCUT2D eigenvalue weighted by Crippen LogP contribution is 2.70. The highest BCUT2D eigenvalue weighted by molar-refractivity contribution is 6.29. The molecule has 35 heavy (non-hydrogen) atoms. The van der Waals surface area contributed by atoms with Crippen LogP contribution < -0.4 is 0 Å². The number of Topliss-reactive ketones (excluding diaryl/α,β-unsaturated/α-hetero) is 1.